The summed E-state index contributed by atoms with van der Waals surface area (Å²) < 4.78 is 6.02. The molecule has 6 heteroatoms. The maximum atomic E-state index is 12.1. The van der Waals surface area contributed by atoms with Crippen molar-refractivity contribution in [2.45, 2.75) is 25.9 Å². The van der Waals surface area contributed by atoms with Crippen LogP contribution in [0.15, 0.2) is 59.1 Å². The molecular formula is C19H18BrNO4. The van der Waals surface area contributed by atoms with E-state index in [1.165, 1.54) is 6.92 Å². The highest BCUT2D eigenvalue weighted by atomic mass is 79.9. The van der Waals surface area contributed by atoms with Gasteiger partial charge in [-0.05, 0) is 31.2 Å². The molecule has 0 unspecified atom stereocenters. The molecule has 1 N–H and O–H groups in total. The number of ketones is 1. The van der Waals surface area contributed by atoms with Crippen molar-refractivity contribution in [2.24, 2.45) is 0 Å². The van der Waals surface area contributed by atoms with Crippen molar-refractivity contribution in [1.29, 1.82) is 0 Å². The van der Waals surface area contributed by atoms with Crippen molar-refractivity contribution in [3.05, 3.63) is 64.6 Å². The Labute approximate surface area is 154 Å². The van der Waals surface area contributed by atoms with Crippen molar-refractivity contribution < 1.29 is 19.1 Å². The van der Waals surface area contributed by atoms with Crippen molar-refractivity contribution in [3.63, 3.8) is 0 Å². The molecule has 2 aromatic rings. The average molecular weight is 404 g/mol. The molecule has 0 aromatic heterocycles. The van der Waals surface area contributed by atoms with E-state index in [1.807, 2.05) is 0 Å². The van der Waals surface area contributed by atoms with E-state index in [4.69, 9.17) is 4.74 Å². The first-order valence-corrected chi connectivity index (χ1v) is 8.59. The first-order valence-electron chi connectivity index (χ1n) is 7.80. The summed E-state index contributed by atoms with van der Waals surface area (Å²) in [5, 5.41) is 2.69. The summed E-state index contributed by atoms with van der Waals surface area (Å²) in [6.07, 6.45) is -0.986. The minimum absolute atomic E-state index is 0.0128. The SMILES string of the molecule is C[C@H](OC(=O)CCC(=O)Nc1ccc(Br)cc1)C(=O)c1ccccc1. The third kappa shape index (κ3) is 6.15. The first-order chi connectivity index (χ1) is 12.0. The molecule has 0 aliphatic rings. The molecule has 0 bridgehead atoms. The second-order valence-electron chi connectivity index (χ2n) is 5.42. The van der Waals surface area contributed by atoms with E-state index in [-0.39, 0.29) is 24.5 Å². The van der Waals surface area contributed by atoms with Gasteiger partial charge in [-0.1, -0.05) is 46.3 Å². The highest BCUT2D eigenvalue weighted by Gasteiger charge is 2.19. The van der Waals surface area contributed by atoms with Gasteiger partial charge in [0.1, 0.15) is 0 Å². The minimum atomic E-state index is -0.885. The highest BCUT2D eigenvalue weighted by Crippen LogP contribution is 2.14. The van der Waals surface area contributed by atoms with Crippen LogP contribution in [0.2, 0.25) is 0 Å². The summed E-state index contributed by atoms with van der Waals surface area (Å²) in [7, 11) is 0. The number of rotatable bonds is 7. The third-order valence-corrected chi connectivity index (χ3v) is 3.95. The van der Waals surface area contributed by atoms with Gasteiger partial charge in [0.2, 0.25) is 11.7 Å². The van der Waals surface area contributed by atoms with Crippen LogP contribution in [0.1, 0.15) is 30.1 Å². The summed E-state index contributed by atoms with van der Waals surface area (Å²) in [6, 6.07) is 15.7. The summed E-state index contributed by atoms with van der Waals surface area (Å²) in [5.74, 6) is -1.14. The number of nitrogens with one attached hydrogen (secondary N) is 1. The minimum Gasteiger partial charge on any atom is -0.454 e. The highest BCUT2D eigenvalue weighted by molar-refractivity contribution is 9.10. The van der Waals surface area contributed by atoms with Crippen LogP contribution >= 0.6 is 15.9 Å². The predicted molar refractivity (Wildman–Crippen MR) is 98.3 cm³/mol. The number of carbonyl (C=O) groups excluding carboxylic acids is 3. The normalized spacial score (nSPS) is 11.4. The first kappa shape index (κ1) is 18.9. The average Bonchev–Trinajstić information content (AvgIpc) is 2.62. The van der Waals surface area contributed by atoms with Crippen LogP contribution in [0, 0.1) is 0 Å². The molecule has 0 fully saturated rings. The van der Waals surface area contributed by atoms with Crippen LogP contribution in [0.4, 0.5) is 5.69 Å². The summed E-state index contributed by atoms with van der Waals surface area (Å²) in [4.78, 5) is 35.8. The number of ether oxygens (including phenoxy) is 1. The van der Waals surface area contributed by atoms with Gasteiger partial charge < -0.3 is 10.1 Å². The van der Waals surface area contributed by atoms with Gasteiger partial charge in [-0.15, -0.1) is 0 Å². The van der Waals surface area contributed by atoms with Crippen molar-refractivity contribution in [3.8, 4) is 0 Å². The zero-order valence-corrected chi connectivity index (χ0v) is 15.3. The summed E-state index contributed by atoms with van der Waals surface area (Å²) >= 11 is 3.31. The van der Waals surface area contributed by atoms with Crippen molar-refractivity contribution in [1.82, 2.24) is 0 Å². The Morgan fingerprint density at radius 3 is 2.28 bits per heavy atom. The molecule has 2 aromatic carbocycles. The molecule has 2 rings (SSSR count). The van der Waals surface area contributed by atoms with E-state index in [2.05, 4.69) is 21.2 Å². The molecule has 0 saturated heterocycles. The molecule has 0 spiro atoms. The molecule has 0 radical (unpaired) electrons. The molecule has 0 aliphatic heterocycles. The van der Waals surface area contributed by atoms with Gasteiger partial charge in [0, 0.05) is 22.1 Å². The molecule has 5 nitrogen and oxygen atoms in total. The fraction of sp³-hybridized carbons (Fsp3) is 0.211. The van der Waals surface area contributed by atoms with Crippen LogP contribution < -0.4 is 5.32 Å². The lowest BCUT2D eigenvalue weighted by Gasteiger charge is -2.12. The van der Waals surface area contributed by atoms with E-state index in [0.717, 1.165) is 4.47 Å². The smallest absolute Gasteiger partial charge is 0.307 e. The number of benzene rings is 2. The van der Waals surface area contributed by atoms with Gasteiger partial charge in [0.25, 0.3) is 0 Å². The Morgan fingerprint density at radius 2 is 1.64 bits per heavy atom. The standard InChI is InChI=1S/C19H18BrNO4/c1-13(19(24)14-5-3-2-4-6-14)25-18(23)12-11-17(22)21-16-9-7-15(20)8-10-16/h2-10,13H,11-12H2,1H3,(H,21,22)/t13-/m0/s1. The van der Waals surface area contributed by atoms with Gasteiger partial charge in [-0.3, -0.25) is 14.4 Å². The van der Waals surface area contributed by atoms with Crippen LogP contribution in [-0.2, 0) is 14.3 Å². The van der Waals surface area contributed by atoms with Gasteiger partial charge in [0.15, 0.2) is 6.10 Å². The topological polar surface area (TPSA) is 72.5 Å². The van der Waals surface area contributed by atoms with Crippen molar-refractivity contribution in [2.75, 3.05) is 5.32 Å². The monoisotopic (exact) mass is 403 g/mol. The number of amides is 1. The second kappa shape index (κ2) is 9.13. The Balaban J connectivity index is 1.77. The number of halogens is 1. The second-order valence-corrected chi connectivity index (χ2v) is 6.33. The zero-order valence-electron chi connectivity index (χ0n) is 13.7. The van der Waals surface area contributed by atoms with Gasteiger partial charge in [-0.2, -0.15) is 0 Å². The quantitative estimate of drug-likeness (QED) is 0.560. The van der Waals surface area contributed by atoms with Gasteiger partial charge in [0.05, 0.1) is 6.42 Å². The summed E-state index contributed by atoms with van der Waals surface area (Å²) in [6.45, 7) is 1.52. The van der Waals surface area contributed by atoms with Crippen molar-refractivity contribution >= 4 is 39.3 Å². The van der Waals surface area contributed by atoms with Crippen LogP contribution in [0.25, 0.3) is 0 Å². The Hall–Kier alpha value is -2.47. The van der Waals surface area contributed by atoms with E-state index in [0.29, 0.717) is 11.3 Å². The molecule has 0 saturated carbocycles. The largest absolute Gasteiger partial charge is 0.454 e. The van der Waals surface area contributed by atoms with E-state index in [1.54, 1.807) is 54.6 Å². The third-order valence-electron chi connectivity index (χ3n) is 3.42. The number of carbonyl (C=O) groups is 3. The predicted octanol–water partition coefficient (Wildman–Crippen LogP) is 3.98. The zero-order chi connectivity index (χ0) is 18.2. The van der Waals surface area contributed by atoms with E-state index >= 15 is 0 Å². The number of esters is 1. The molecule has 130 valence electrons. The van der Waals surface area contributed by atoms with Crippen LogP contribution in [0.3, 0.4) is 0 Å². The lowest BCUT2D eigenvalue weighted by molar-refractivity contribution is -0.147. The maximum absolute atomic E-state index is 12.1. The summed E-state index contributed by atoms with van der Waals surface area (Å²) in [5.41, 5.74) is 1.13. The Morgan fingerprint density at radius 1 is 1.00 bits per heavy atom. The molecule has 1 atom stereocenters. The molecule has 25 heavy (non-hydrogen) atoms. The number of anilines is 1. The molecule has 1 amide bonds. The lowest BCUT2D eigenvalue weighted by atomic mass is 10.1. The van der Waals surface area contributed by atoms with Crippen LogP contribution in [-0.4, -0.2) is 23.8 Å². The number of Topliss-reactive ketones (excluding diaryl/α,β-unsaturated/α-hetero) is 1. The molecule has 0 aliphatic carbocycles. The Bertz CT molecular complexity index is 744. The molecule has 0 heterocycles. The number of hydrogen-bond donors (Lipinski definition) is 1. The van der Waals surface area contributed by atoms with Gasteiger partial charge >= 0.3 is 5.97 Å². The maximum Gasteiger partial charge on any atom is 0.307 e. The Kier molecular flexibility index (Phi) is 6.89. The fourth-order valence-electron chi connectivity index (χ4n) is 2.12. The molecular weight excluding hydrogens is 386 g/mol. The van der Waals surface area contributed by atoms with E-state index < -0.39 is 12.1 Å². The van der Waals surface area contributed by atoms with E-state index in [9.17, 15) is 14.4 Å². The van der Waals surface area contributed by atoms with Gasteiger partial charge in [-0.25, -0.2) is 0 Å². The fourth-order valence-corrected chi connectivity index (χ4v) is 2.38. The number of hydrogen-bond acceptors (Lipinski definition) is 4. The van der Waals surface area contributed by atoms with Crippen LogP contribution in [0.5, 0.6) is 0 Å². The lowest BCUT2D eigenvalue weighted by Crippen LogP contribution is -2.25.